The van der Waals surface area contributed by atoms with Gasteiger partial charge in [0.2, 0.25) is 11.8 Å². The van der Waals surface area contributed by atoms with E-state index in [9.17, 15) is 14.0 Å². The zero-order valence-electron chi connectivity index (χ0n) is 21.2. The number of carbonyl (C=O) groups is 2. The predicted octanol–water partition coefficient (Wildman–Crippen LogP) is 5.26. The van der Waals surface area contributed by atoms with Crippen LogP contribution in [0.25, 0.3) is 16.5 Å². The van der Waals surface area contributed by atoms with Crippen LogP contribution >= 0.6 is 0 Å². The zero-order valence-corrected chi connectivity index (χ0v) is 21.2. The Morgan fingerprint density at radius 3 is 2.72 bits per heavy atom. The summed E-state index contributed by atoms with van der Waals surface area (Å²) in [4.78, 5) is 29.5. The third-order valence-corrected chi connectivity index (χ3v) is 6.27. The molecule has 198 valence electrons. The van der Waals surface area contributed by atoms with Gasteiger partial charge in [0, 0.05) is 29.6 Å². The van der Waals surface area contributed by atoms with Crippen LogP contribution < -0.4 is 21.1 Å². The van der Waals surface area contributed by atoms with Crippen molar-refractivity contribution >= 4 is 34.0 Å². The normalized spacial score (nSPS) is 13.8. The van der Waals surface area contributed by atoms with E-state index in [1.807, 2.05) is 31.2 Å². The van der Waals surface area contributed by atoms with Crippen molar-refractivity contribution in [1.29, 1.82) is 0 Å². The number of ether oxygens (including phenoxy) is 1. The summed E-state index contributed by atoms with van der Waals surface area (Å²) in [6.07, 6.45) is 7.16. The minimum atomic E-state index is -0.416. The second-order valence-corrected chi connectivity index (χ2v) is 9.14. The lowest BCUT2D eigenvalue weighted by Gasteiger charge is -2.10. The van der Waals surface area contributed by atoms with Gasteiger partial charge < -0.3 is 21.1 Å². The van der Waals surface area contributed by atoms with Gasteiger partial charge in [-0.3, -0.25) is 14.7 Å². The Labute approximate surface area is 224 Å². The molecule has 1 aliphatic carbocycles. The fourth-order valence-electron chi connectivity index (χ4n) is 4.04. The molecule has 1 aliphatic rings. The van der Waals surface area contributed by atoms with Crippen molar-refractivity contribution in [3.63, 3.8) is 0 Å². The number of aromatic amines is 1. The zero-order chi connectivity index (χ0) is 27.4. The lowest BCUT2D eigenvalue weighted by atomic mass is 10.00. The second-order valence-electron chi connectivity index (χ2n) is 9.14. The van der Waals surface area contributed by atoms with Gasteiger partial charge >= 0.3 is 0 Å². The maximum absolute atomic E-state index is 13.4. The Balaban J connectivity index is 1.32. The van der Waals surface area contributed by atoms with Gasteiger partial charge in [0.05, 0.1) is 23.1 Å². The minimum absolute atomic E-state index is 0.0225. The minimum Gasteiger partial charge on any atom is -0.439 e. The molecule has 0 atom stereocenters. The molecule has 0 unspecified atom stereocenters. The molecule has 0 bridgehead atoms. The van der Waals surface area contributed by atoms with Gasteiger partial charge in [0.25, 0.3) is 5.91 Å². The molecule has 2 aromatic heterocycles. The van der Waals surface area contributed by atoms with Gasteiger partial charge in [-0.05, 0) is 66.8 Å². The highest BCUT2D eigenvalue weighted by atomic mass is 19.1. The van der Waals surface area contributed by atoms with Crippen LogP contribution in [0, 0.1) is 11.7 Å². The first kappa shape index (κ1) is 25.7. The first-order valence-corrected chi connectivity index (χ1v) is 12.6. The van der Waals surface area contributed by atoms with Gasteiger partial charge in [0.1, 0.15) is 11.6 Å². The molecule has 0 aliphatic heterocycles. The van der Waals surface area contributed by atoms with Crippen LogP contribution in [0.15, 0.2) is 78.8 Å². The van der Waals surface area contributed by atoms with Crippen LogP contribution in [0.3, 0.4) is 0 Å². The number of anilines is 1. The Morgan fingerprint density at radius 1 is 1.18 bits per heavy atom. The molecule has 2 heterocycles. The van der Waals surface area contributed by atoms with Gasteiger partial charge in [0.15, 0.2) is 5.69 Å². The Kier molecular flexibility index (Phi) is 7.35. The third kappa shape index (κ3) is 6.12. The van der Waals surface area contributed by atoms with Crippen molar-refractivity contribution in [1.82, 2.24) is 20.5 Å². The molecular formula is C29H27FN6O3. The van der Waals surface area contributed by atoms with Crippen LogP contribution in [0.5, 0.6) is 11.6 Å². The number of aromatic nitrogens is 3. The first-order valence-electron chi connectivity index (χ1n) is 12.6. The molecule has 2 amide bonds. The quantitative estimate of drug-likeness (QED) is 0.220. The topological polar surface area (TPSA) is 135 Å². The molecule has 1 saturated carbocycles. The molecule has 10 heteroatoms. The van der Waals surface area contributed by atoms with Crippen molar-refractivity contribution in [3.05, 3.63) is 95.8 Å². The molecule has 39 heavy (non-hydrogen) atoms. The van der Waals surface area contributed by atoms with E-state index < -0.39 is 11.7 Å². The average molecular weight is 527 g/mol. The maximum Gasteiger partial charge on any atom is 0.276 e. The molecule has 0 saturated heterocycles. The fourth-order valence-corrected chi connectivity index (χ4v) is 4.04. The van der Waals surface area contributed by atoms with E-state index in [-0.39, 0.29) is 23.4 Å². The maximum atomic E-state index is 13.4. The van der Waals surface area contributed by atoms with Gasteiger partial charge in [-0.2, -0.15) is 5.10 Å². The molecule has 1 fully saturated rings. The SMILES string of the molecule is CC/C(=C\C(=C/N)NC(=O)C1CC1)c1ccc2[nH]nc(C(=O)Nc3ccc(Oc4cccc(F)c4)nc3)c2c1. The number of nitrogens with two attached hydrogens (primary N) is 1. The van der Waals surface area contributed by atoms with E-state index in [4.69, 9.17) is 10.5 Å². The molecule has 5 rings (SSSR count). The third-order valence-electron chi connectivity index (χ3n) is 6.27. The Bertz CT molecular complexity index is 1590. The van der Waals surface area contributed by atoms with E-state index in [1.165, 1.54) is 24.5 Å². The lowest BCUT2D eigenvalue weighted by Crippen LogP contribution is -2.24. The number of amides is 2. The highest BCUT2D eigenvalue weighted by molar-refractivity contribution is 6.11. The number of fused-ring (bicyclic) bond motifs is 1. The first-order chi connectivity index (χ1) is 18.9. The van der Waals surface area contributed by atoms with E-state index in [0.29, 0.717) is 34.5 Å². The summed E-state index contributed by atoms with van der Waals surface area (Å²) >= 11 is 0. The largest absolute Gasteiger partial charge is 0.439 e. The van der Waals surface area contributed by atoms with Crippen molar-refractivity contribution in [2.24, 2.45) is 11.7 Å². The number of hydrogen-bond donors (Lipinski definition) is 4. The highest BCUT2D eigenvalue weighted by Crippen LogP contribution is 2.30. The number of nitrogens with one attached hydrogen (secondary N) is 3. The van der Waals surface area contributed by atoms with Crippen LogP contribution in [-0.2, 0) is 4.79 Å². The number of allylic oxidation sites excluding steroid dienone is 2. The average Bonchev–Trinajstić information content (AvgIpc) is 3.71. The van der Waals surface area contributed by atoms with Gasteiger partial charge in [-0.1, -0.05) is 19.1 Å². The van der Waals surface area contributed by atoms with Crippen LogP contribution in [0.1, 0.15) is 42.2 Å². The molecule has 0 radical (unpaired) electrons. The summed E-state index contributed by atoms with van der Waals surface area (Å²) in [5, 5.41) is 13.4. The van der Waals surface area contributed by atoms with Crippen molar-refractivity contribution in [3.8, 4) is 11.6 Å². The van der Waals surface area contributed by atoms with Crippen molar-refractivity contribution in [2.45, 2.75) is 26.2 Å². The predicted molar refractivity (Wildman–Crippen MR) is 146 cm³/mol. The summed E-state index contributed by atoms with van der Waals surface area (Å²) in [7, 11) is 0. The molecule has 9 nitrogen and oxygen atoms in total. The van der Waals surface area contributed by atoms with E-state index in [0.717, 1.165) is 24.0 Å². The standard InChI is InChI=1S/C29H27FN6O3/c1-2-17(12-22(15-31)34-28(37)18-6-7-18)19-8-10-25-24(13-19)27(36-35-25)29(38)33-21-9-11-26(32-16-21)39-23-5-3-4-20(30)14-23/h3-5,8-16,18H,2,6-7,31H2,1H3,(H,33,38)(H,34,37)(H,35,36)/b17-12+,22-15+. The molecule has 4 aromatic rings. The summed E-state index contributed by atoms with van der Waals surface area (Å²) in [5.74, 6) is -0.214. The van der Waals surface area contributed by atoms with Crippen molar-refractivity contribution in [2.75, 3.05) is 5.32 Å². The molecule has 2 aromatic carbocycles. The van der Waals surface area contributed by atoms with Crippen LogP contribution in [0.2, 0.25) is 0 Å². The number of nitrogens with zero attached hydrogens (tertiary/aromatic N) is 2. The van der Waals surface area contributed by atoms with E-state index in [1.54, 1.807) is 24.3 Å². The summed E-state index contributed by atoms with van der Waals surface area (Å²) in [5.41, 5.74) is 9.48. The van der Waals surface area contributed by atoms with Crippen LogP contribution in [-0.4, -0.2) is 27.0 Å². The number of H-pyrrole nitrogens is 1. The fraction of sp³-hybridized carbons (Fsp3) is 0.172. The summed E-state index contributed by atoms with van der Waals surface area (Å²) in [6, 6.07) is 14.6. The molecule has 5 N–H and O–H groups in total. The second kappa shape index (κ2) is 11.2. The van der Waals surface area contributed by atoms with E-state index in [2.05, 4.69) is 25.8 Å². The van der Waals surface area contributed by atoms with Crippen LogP contribution in [0.4, 0.5) is 10.1 Å². The lowest BCUT2D eigenvalue weighted by molar-refractivity contribution is -0.121. The molecular weight excluding hydrogens is 499 g/mol. The van der Waals surface area contributed by atoms with Gasteiger partial charge in [-0.15, -0.1) is 0 Å². The van der Waals surface area contributed by atoms with Crippen molar-refractivity contribution < 1.29 is 18.7 Å². The number of benzene rings is 2. The summed E-state index contributed by atoms with van der Waals surface area (Å²) < 4.78 is 18.9. The Hall–Kier alpha value is -4.99. The van der Waals surface area contributed by atoms with E-state index >= 15 is 0 Å². The number of rotatable bonds is 9. The number of pyridine rings is 1. The number of hydrogen-bond acceptors (Lipinski definition) is 6. The summed E-state index contributed by atoms with van der Waals surface area (Å²) in [6.45, 7) is 2.00. The van der Waals surface area contributed by atoms with Gasteiger partial charge in [-0.25, -0.2) is 9.37 Å². The smallest absolute Gasteiger partial charge is 0.276 e. The number of halogens is 1. The number of carbonyl (C=O) groups excluding carboxylic acids is 2. The molecule has 0 spiro atoms. The Morgan fingerprint density at radius 2 is 2.03 bits per heavy atom. The monoisotopic (exact) mass is 526 g/mol. The highest BCUT2D eigenvalue weighted by Gasteiger charge is 2.29.